The normalized spacial score (nSPS) is 10.7. The van der Waals surface area contributed by atoms with E-state index in [1.807, 2.05) is 19.1 Å². The molecule has 0 bridgehead atoms. The second-order valence-electron chi connectivity index (χ2n) is 6.16. The van der Waals surface area contributed by atoms with Crippen LogP contribution in [-0.2, 0) is 9.59 Å². The fourth-order valence-corrected chi connectivity index (χ4v) is 3.30. The highest BCUT2D eigenvalue weighted by molar-refractivity contribution is 7.99. The van der Waals surface area contributed by atoms with Gasteiger partial charge in [0.1, 0.15) is 6.33 Å². The third-order valence-electron chi connectivity index (χ3n) is 3.93. The summed E-state index contributed by atoms with van der Waals surface area (Å²) in [6, 6.07) is 8.47. The highest BCUT2D eigenvalue weighted by Crippen LogP contribution is 2.23. The van der Waals surface area contributed by atoms with Gasteiger partial charge in [-0.1, -0.05) is 29.4 Å². The molecule has 3 aromatic rings. The lowest BCUT2D eigenvalue weighted by molar-refractivity contribution is -0.122. The molecule has 1 aromatic heterocycles. The monoisotopic (exact) mass is 451 g/mol. The van der Waals surface area contributed by atoms with E-state index in [-0.39, 0.29) is 18.0 Å². The molecule has 0 spiro atoms. The van der Waals surface area contributed by atoms with Crippen LogP contribution in [0.15, 0.2) is 47.9 Å². The van der Waals surface area contributed by atoms with Crippen molar-refractivity contribution in [2.45, 2.75) is 12.1 Å². The van der Waals surface area contributed by atoms with Crippen LogP contribution in [0.3, 0.4) is 0 Å². The number of aromatic nitrogens is 3. The first-order chi connectivity index (χ1) is 14.3. The zero-order valence-corrected chi connectivity index (χ0v) is 17.2. The number of aryl methyl sites for hydroxylation is 1. The molecule has 0 aliphatic rings. The summed E-state index contributed by atoms with van der Waals surface area (Å²) in [6.07, 6.45) is 1.51. The second-order valence-corrected chi connectivity index (χ2v) is 7.51. The van der Waals surface area contributed by atoms with Crippen LogP contribution in [0, 0.1) is 18.6 Å². The van der Waals surface area contributed by atoms with Gasteiger partial charge < -0.3 is 10.6 Å². The Kier molecular flexibility index (Phi) is 7.01. The SMILES string of the molecule is Cc1ccc(-n2cnnc2SCC(=O)NCC(=O)Nc2ccc(F)c(F)c2)cc1Cl. The van der Waals surface area contributed by atoms with Gasteiger partial charge in [-0.2, -0.15) is 0 Å². The molecular formula is C19H16ClF2N5O2S. The number of amides is 2. The average molecular weight is 452 g/mol. The molecule has 0 atom stereocenters. The van der Waals surface area contributed by atoms with Crippen LogP contribution in [0.2, 0.25) is 5.02 Å². The summed E-state index contributed by atoms with van der Waals surface area (Å²) in [6.45, 7) is 1.57. The Bertz CT molecular complexity index is 1090. The number of carbonyl (C=O) groups excluding carboxylic acids is 2. The zero-order valence-electron chi connectivity index (χ0n) is 15.7. The number of benzene rings is 2. The first-order valence-corrected chi connectivity index (χ1v) is 10.0. The van der Waals surface area contributed by atoms with Crippen molar-refractivity contribution < 1.29 is 18.4 Å². The summed E-state index contributed by atoms with van der Waals surface area (Å²) in [5, 5.41) is 13.7. The molecule has 2 N–H and O–H groups in total. The lowest BCUT2D eigenvalue weighted by Gasteiger charge is -2.09. The molecule has 0 saturated heterocycles. The Morgan fingerprint density at radius 3 is 2.67 bits per heavy atom. The molecule has 156 valence electrons. The fraction of sp³-hybridized carbons (Fsp3) is 0.158. The van der Waals surface area contributed by atoms with Gasteiger partial charge >= 0.3 is 0 Å². The summed E-state index contributed by atoms with van der Waals surface area (Å²) in [4.78, 5) is 23.9. The summed E-state index contributed by atoms with van der Waals surface area (Å²) in [7, 11) is 0. The maximum absolute atomic E-state index is 13.2. The van der Waals surface area contributed by atoms with Crippen molar-refractivity contribution in [2.24, 2.45) is 0 Å². The first-order valence-electron chi connectivity index (χ1n) is 8.64. The van der Waals surface area contributed by atoms with E-state index in [0.717, 1.165) is 35.1 Å². The molecular weight excluding hydrogens is 436 g/mol. The van der Waals surface area contributed by atoms with E-state index in [1.165, 1.54) is 12.4 Å². The van der Waals surface area contributed by atoms with Gasteiger partial charge in [0.25, 0.3) is 0 Å². The van der Waals surface area contributed by atoms with Crippen LogP contribution >= 0.6 is 23.4 Å². The minimum absolute atomic E-state index is 0.00323. The summed E-state index contributed by atoms with van der Waals surface area (Å²) >= 11 is 7.29. The fourth-order valence-electron chi connectivity index (χ4n) is 2.37. The van der Waals surface area contributed by atoms with Crippen molar-refractivity contribution in [1.29, 1.82) is 0 Å². The van der Waals surface area contributed by atoms with E-state index in [2.05, 4.69) is 20.8 Å². The quantitative estimate of drug-likeness (QED) is 0.538. The van der Waals surface area contributed by atoms with Crippen molar-refractivity contribution >= 4 is 40.9 Å². The van der Waals surface area contributed by atoms with Crippen LogP contribution in [0.25, 0.3) is 5.69 Å². The largest absolute Gasteiger partial charge is 0.346 e. The Morgan fingerprint density at radius 2 is 1.93 bits per heavy atom. The van der Waals surface area contributed by atoms with Gasteiger partial charge in [-0.05, 0) is 36.8 Å². The zero-order chi connectivity index (χ0) is 21.7. The van der Waals surface area contributed by atoms with Gasteiger partial charge in [-0.25, -0.2) is 8.78 Å². The number of nitrogens with one attached hydrogen (secondary N) is 2. The van der Waals surface area contributed by atoms with Crippen molar-refractivity contribution in [1.82, 2.24) is 20.1 Å². The predicted octanol–water partition coefficient (Wildman–Crippen LogP) is 3.35. The molecule has 30 heavy (non-hydrogen) atoms. The second kappa shape index (κ2) is 9.68. The average Bonchev–Trinajstić information content (AvgIpc) is 3.18. The van der Waals surface area contributed by atoms with Crippen molar-refractivity contribution in [3.8, 4) is 5.69 Å². The Hall–Kier alpha value is -2.98. The minimum atomic E-state index is -1.08. The number of anilines is 1. The molecule has 0 unspecified atom stereocenters. The van der Waals surface area contributed by atoms with Crippen LogP contribution in [-0.4, -0.2) is 38.9 Å². The molecule has 2 amide bonds. The minimum Gasteiger partial charge on any atom is -0.346 e. The molecule has 0 saturated carbocycles. The van der Waals surface area contributed by atoms with Gasteiger partial charge in [0.05, 0.1) is 18.0 Å². The van der Waals surface area contributed by atoms with Gasteiger partial charge in [0, 0.05) is 16.8 Å². The van der Waals surface area contributed by atoms with Crippen molar-refractivity contribution in [3.05, 3.63) is 64.9 Å². The van der Waals surface area contributed by atoms with E-state index in [4.69, 9.17) is 11.6 Å². The van der Waals surface area contributed by atoms with Gasteiger partial charge in [-0.3, -0.25) is 14.2 Å². The molecule has 0 aliphatic carbocycles. The standard InChI is InChI=1S/C19H16ClF2N5O2S/c1-11-2-4-13(7-14(11)20)27-10-24-26-19(27)30-9-18(29)23-8-17(28)25-12-3-5-15(21)16(22)6-12/h2-7,10H,8-9H2,1H3,(H,23,29)(H,25,28). The molecule has 3 rings (SSSR count). The van der Waals surface area contributed by atoms with Crippen molar-refractivity contribution in [3.63, 3.8) is 0 Å². The van der Waals surface area contributed by atoms with E-state index < -0.39 is 23.4 Å². The summed E-state index contributed by atoms with van der Waals surface area (Å²) in [5.41, 5.74) is 1.78. The Labute approximate surface area is 179 Å². The first kappa shape index (κ1) is 21.7. The number of thioether (sulfide) groups is 1. The van der Waals surface area contributed by atoms with Crippen LogP contribution < -0.4 is 10.6 Å². The van der Waals surface area contributed by atoms with Crippen LogP contribution in [0.5, 0.6) is 0 Å². The number of nitrogens with zero attached hydrogens (tertiary/aromatic N) is 3. The predicted molar refractivity (Wildman–Crippen MR) is 110 cm³/mol. The smallest absolute Gasteiger partial charge is 0.243 e. The number of hydrogen-bond donors (Lipinski definition) is 2. The lowest BCUT2D eigenvalue weighted by Crippen LogP contribution is -2.34. The highest BCUT2D eigenvalue weighted by atomic mass is 35.5. The molecule has 0 aliphatic heterocycles. The molecule has 0 radical (unpaired) electrons. The highest BCUT2D eigenvalue weighted by Gasteiger charge is 2.12. The molecule has 1 heterocycles. The maximum Gasteiger partial charge on any atom is 0.243 e. The van der Waals surface area contributed by atoms with E-state index in [9.17, 15) is 18.4 Å². The number of carbonyl (C=O) groups is 2. The molecule has 7 nitrogen and oxygen atoms in total. The topological polar surface area (TPSA) is 88.9 Å². The van der Waals surface area contributed by atoms with Crippen LogP contribution in [0.4, 0.5) is 14.5 Å². The van der Waals surface area contributed by atoms with Gasteiger partial charge in [0.15, 0.2) is 16.8 Å². The number of halogens is 3. The Balaban J connectivity index is 1.50. The number of rotatable bonds is 7. The molecule has 11 heteroatoms. The van der Waals surface area contributed by atoms with Gasteiger partial charge in [-0.15, -0.1) is 10.2 Å². The van der Waals surface area contributed by atoms with E-state index in [0.29, 0.717) is 10.2 Å². The lowest BCUT2D eigenvalue weighted by atomic mass is 10.2. The van der Waals surface area contributed by atoms with E-state index in [1.54, 1.807) is 10.6 Å². The van der Waals surface area contributed by atoms with Gasteiger partial charge in [0.2, 0.25) is 11.8 Å². The molecule has 0 fully saturated rings. The maximum atomic E-state index is 13.2. The third-order valence-corrected chi connectivity index (χ3v) is 5.28. The van der Waals surface area contributed by atoms with Crippen LogP contribution in [0.1, 0.15) is 5.56 Å². The summed E-state index contributed by atoms with van der Waals surface area (Å²) < 4.78 is 27.8. The Morgan fingerprint density at radius 1 is 1.13 bits per heavy atom. The third kappa shape index (κ3) is 5.55. The summed E-state index contributed by atoms with van der Waals surface area (Å²) in [5.74, 6) is -3.07. The molecule has 2 aromatic carbocycles. The van der Waals surface area contributed by atoms with Crippen molar-refractivity contribution in [2.75, 3.05) is 17.6 Å². The van der Waals surface area contributed by atoms with E-state index >= 15 is 0 Å². The number of hydrogen-bond acceptors (Lipinski definition) is 5.